The Morgan fingerprint density at radius 3 is 2.00 bits per heavy atom. The third kappa shape index (κ3) is 12.2. The summed E-state index contributed by atoms with van der Waals surface area (Å²) in [6.07, 6.45) is 3.10. The second-order valence-corrected chi connectivity index (χ2v) is 9.04. The van der Waals surface area contributed by atoms with Gasteiger partial charge in [0.2, 0.25) is 17.7 Å². The Hall–Kier alpha value is -3.66. The van der Waals surface area contributed by atoms with Crippen LogP contribution in [-0.2, 0) is 35.2 Å². The zero-order valence-corrected chi connectivity index (χ0v) is 21.0. The summed E-state index contributed by atoms with van der Waals surface area (Å²) < 4.78 is 0. The van der Waals surface area contributed by atoms with Gasteiger partial charge in [-0.25, -0.2) is 9.78 Å². The number of carboxylic acid groups (broad SMARTS) is 3. The van der Waals surface area contributed by atoms with Gasteiger partial charge in [0, 0.05) is 31.2 Å². The van der Waals surface area contributed by atoms with E-state index in [1.165, 1.54) is 24.3 Å². The Kier molecular flexibility index (Phi) is 13.7. The average Bonchev–Trinajstić information content (AvgIpc) is 3.34. The number of carbonyl (C=O) groups excluding carboxylic acids is 3. The summed E-state index contributed by atoms with van der Waals surface area (Å²) in [5, 5.41) is 34.3. The molecule has 1 heterocycles. The van der Waals surface area contributed by atoms with Gasteiger partial charge in [-0.05, 0) is 31.3 Å². The summed E-state index contributed by atoms with van der Waals surface area (Å²) in [5.41, 5.74) is 6.17. The van der Waals surface area contributed by atoms with Gasteiger partial charge in [0.25, 0.3) is 0 Å². The van der Waals surface area contributed by atoms with Crippen LogP contribution < -0.4 is 21.7 Å². The lowest BCUT2D eigenvalue weighted by atomic mass is 10.1. The van der Waals surface area contributed by atoms with E-state index in [1.807, 2.05) is 0 Å². The highest BCUT2D eigenvalue weighted by atomic mass is 32.2. The van der Waals surface area contributed by atoms with Crippen LogP contribution in [0.25, 0.3) is 0 Å². The predicted molar refractivity (Wildman–Crippen MR) is 130 cm³/mol. The van der Waals surface area contributed by atoms with Crippen molar-refractivity contribution >= 4 is 47.4 Å². The van der Waals surface area contributed by atoms with Crippen molar-refractivity contribution in [3.8, 4) is 0 Å². The highest BCUT2D eigenvalue weighted by Crippen LogP contribution is 2.07. The van der Waals surface area contributed by atoms with Gasteiger partial charge in [-0.3, -0.25) is 24.0 Å². The Morgan fingerprint density at radius 1 is 0.892 bits per heavy atom. The molecule has 1 aromatic heterocycles. The maximum atomic E-state index is 13.1. The van der Waals surface area contributed by atoms with Crippen LogP contribution in [0.15, 0.2) is 12.5 Å². The van der Waals surface area contributed by atoms with Crippen molar-refractivity contribution < 1.29 is 44.1 Å². The number of thioether (sulfide) groups is 1. The number of carboxylic acids is 3. The second kappa shape index (κ2) is 16.2. The Morgan fingerprint density at radius 2 is 1.46 bits per heavy atom. The molecule has 16 heteroatoms. The quantitative estimate of drug-likeness (QED) is 0.103. The third-order valence-corrected chi connectivity index (χ3v) is 5.77. The fourth-order valence-electron chi connectivity index (χ4n) is 3.09. The van der Waals surface area contributed by atoms with Crippen LogP contribution in [-0.4, -0.2) is 97.1 Å². The lowest BCUT2D eigenvalue weighted by Gasteiger charge is -2.25. The number of rotatable bonds is 18. The van der Waals surface area contributed by atoms with E-state index >= 15 is 0 Å². The van der Waals surface area contributed by atoms with E-state index in [0.717, 1.165) is 0 Å². The summed E-state index contributed by atoms with van der Waals surface area (Å²) in [4.78, 5) is 78.4. The summed E-state index contributed by atoms with van der Waals surface area (Å²) in [5.74, 6) is -5.82. The third-order valence-electron chi connectivity index (χ3n) is 5.12. The van der Waals surface area contributed by atoms with Gasteiger partial charge in [0.1, 0.15) is 18.1 Å². The molecule has 15 nitrogen and oxygen atoms in total. The molecule has 9 N–H and O–H groups in total. The summed E-state index contributed by atoms with van der Waals surface area (Å²) in [7, 11) is 0. The summed E-state index contributed by atoms with van der Waals surface area (Å²) in [6, 6.07) is -5.19. The topological polar surface area (TPSA) is 254 Å². The number of nitrogens with zero attached hydrogens (tertiary/aromatic N) is 1. The Bertz CT molecular complexity index is 943. The molecule has 1 rings (SSSR count). The molecule has 0 aliphatic carbocycles. The number of H-pyrrole nitrogens is 1. The van der Waals surface area contributed by atoms with E-state index in [9.17, 15) is 33.9 Å². The number of aromatic nitrogens is 2. The van der Waals surface area contributed by atoms with Gasteiger partial charge in [0.05, 0.1) is 12.4 Å². The molecule has 1 aromatic rings. The summed E-state index contributed by atoms with van der Waals surface area (Å²) >= 11 is 1.37. The Labute approximate surface area is 216 Å². The lowest BCUT2D eigenvalue weighted by molar-refractivity contribution is -0.143. The molecule has 4 atom stereocenters. The number of imidazole rings is 1. The summed E-state index contributed by atoms with van der Waals surface area (Å²) in [6.45, 7) is 0. The molecule has 4 unspecified atom stereocenters. The molecule has 3 amide bonds. The van der Waals surface area contributed by atoms with Crippen LogP contribution in [0, 0.1) is 0 Å². The molecule has 0 aliphatic rings. The number of hydrogen-bond acceptors (Lipinski definition) is 9. The van der Waals surface area contributed by atoms with Gasteiger partial charge in [0.15, 0.2) is 0 Å². The molecular formula is C21H32N6O9S. The molecule has 0 spiro atoms. The van der Waals surface area contributed by atoms with Crippen LogP contribution in [0.3, 0.4) is 0 Å². The first-order valence-electron chi connectivity index (χ1n) is 11.2. The minimum atomic E-state index is -1.42. The first-order valence-corrected chi connectivity index (χ1v) is 12.6. The normalized spacial score (nSPS) is 14.0. The number of hydrogen-bond donors (Lipinski definition) is 8. The number of aliphatic carboxylic acids is 3. The average molecular weight is 545 g/mol. The number of nitrogens with two attached hydrogens (primary N) is 1. The smallest absolute Gasteiger partial charge is 0.326 e. The van der Waals surface area contributed by atoms with Crippen LogP contribution in [0.4, 0.5) is 0 Å². The molecule has 0 saturated carbocycles. The van der Waals surface area contributed by atoms with Crippen LogP contribution in [0.5, 0.6) is 0 Å². The van der Waals surface area contributed by atoms with Crippen molar-refractivity contribution in [1.82, 2.24) is 25.9 Å². The zero-order chi connectivity index (χ0) is 28.0. The van der Waals surface area contributed by atoms with Crippen molar-refractivity contribution in [2.75, 3.05) is 12.0 Å². The molecule has 0 saturated heterocycles. The standard InChI is InChI=1S/C21H32N6O9S/c1-37-7-6-14(21(35)36)26-19(33)13(3-5-17(30)31)25-20(34)15(8-11-9-23-10-24-11)27-18(32)12(22)2-4-16(28)29/h9-10,12-15H,2-8,22H2,1H3,(H,23,24)(H,25,34)(H,26,33)(H,27,32)(H,28,29)(H,30,31)(H,35,36). The van der Waals surface area contributed by atoms with Crippen molar-refractivity contribution in [2.45, 2.75) is 62.7 Å². The molecular weight excluding hydrogens is 512 g/mol. The molecule has 0 fully saturated rings. The van der Waals surface area contributed by atoms with Gasteiger partial charge < -0.3 is 42.0 Å². The van der Waals surface area contributed by atoms with E-state index in [-0.39, 0.29) is 32.1 Å². The van der Waals surface area contributed by atoms with Gasteiger partial charge in [-0.15, -0.1) is 0 Å². The minimum absolute atomic E-state index is 0.106. The van der Waals surface area contributed by atoms with E-state index in [2.05, 4.69) is 25.9 Å². The van der Waals surface area contributed by atoms with E-state index in [1.54, 1.807) is 6.26 Å². The molecule has 37 heavy (non-hydrogen) atoms. The number of carbonyl (C=O) groups is 6. The predicted octanol–water partition coefficient (Wildman–Crippen LogP) is -1.70. The van der Waals surface area contributed by atoms with Crippen molar-refractivity contribution in [2.24, 2.45) is 5.73 Å². The SMILES string of the molecule is CSCCC(NC(=O)C(CCC(=O)O)NC(=O)C(Cc1cnc[nH]1)NC(=O)C(N)CCC(=O)O)C(=O)O. The zero-order valence-electron chi connectivity index (χ0n) is 20.1. The number of nitrogens with one attached hydrogen (secondary N) is 4. The monoisotopic (exact) mass is 544 g/mol. The maximum Gasteiger partial charge on any atom is 0.326 e. The molecule has 0 aromatic carbocycles. The number of aromatic amines is 1. The van der Waals surface area contributed by atoms with Crippen LogP contribution in [0.2, 0.25) is 0 Å². The molecule has 0 bridgehead atoms. The van der Waals surface area contributed by atoms with Crippen LogP contribution in [0.1, 0.15) is 37.8 Å². The molecule has 206 valence electrons. The van der Waals surface area contributed by atoms with Crippen molar-refractivity contribution in [3.63, 3.8) is 0 Å². The van der Waals surface area contributed by atoms with Crippen molar-refractivity contribution in [1.29, 1.82) is 0 Å². The first-order chi connectivity index (χ1) is 17.4. The molecule has 0 aliphatic heterocycles. The second-order valence-electron chi connectivity index (χ2n) is 8.06. The van der Waals surface area contributed by atoms with Crippen LogP contribution >= 0.6 is 11.8 Å². The largest absolute Gasteiger partial charge is 0.481 e. The lowest BCUT2D eigenvalue weighted by Crippen LogP contribution is -2.57. The highest BCUT2D eigenvalue weighted by Gasteiger charge is 2.31. The fraction of sp³-hybridized carbons (Fsp3) is 0.571. The fourth-order valence-corrected chi connectivity index (χ4v) is 3.56. The van der Waals surface area contributed by atoms with Crippen molar-refractivity contribution in [3.05, 3.63) is 18.2 Å². The Balaban J connectivity index is 3.05. The number of amides is 3. The van der Waals surface area contributed by atoms with E-state index in [4.69, 9.17) is 15.9 Å². The van der Waals surface area contributed by atoms with E-state index in [0.29, 0.717) is 11.4 Å². The van der Waals surface area contributed by atoms with Gasteiger partial charge >= 0.3 is 17.9 Å². The maximum absolute atomic E-state index is 13.1. The molecule has 0 radical (unpaired) electrons. The van der Waals surface area contributed by atoms with Gasteiger partial charge in [-0.1, -0.05) is 0 Å². The first kappa shape index (κ1) is 31.4. The highest BCUT2D eigenvalue weighted by molar-refractivity contribution is 7.98. The minimum Gasteiger partial charge on any atom is -0.481 e. The van der Waals surface area contributed by atoms with Gasteiger partial charge in [-0.2, -0.15) is 11.8 Å². The van der Waals surface area contributed by atoms with E-state index < -0.39 is 66.2 Å².